The van der Waals surface area contributed by atoms with Crippen molar-refractivity contribution in [3.05, 3.63) is 57.9 Å². The number of hydrogen-bond donors (Lipinski definition) is 0. The van der Waals surface area contributed by atoms with Crippen LogP contribution in [0.1, 0.15) is 63.1 Å². The monoisotopic (exact) mass is 386 g/mol. The van der Waals surface area contributed by atoms with Crippen molar-refractivity contribution in [2.24, 2.45) is 4.99 Å². The molecule has 0 aliphatic carbocycles. The highest BCUT2D eigenvalue weighted by molar-refractivity contribution is 6.31. The Bertz CT molecular complexity index is 873. The number of nitrogens with zero attached hydrogens (tertiary/aromatic N) is 2. The van der Waals surface area contributed by atoms with Crippen LogP contribution in [0, 0.1) is 12.7 Å². The summed E-state index contributed by atoms with van der Waals surface area (Å²) in [5.41, 5.74) is 4.51. The minimum absolute atomic E-state index is 0.0309. The Morgan fingerprint density at radius 3 is 2.70 bits per heavy atom. The molecule has 3 rings (SSSR count). The summed E-state index contributed by atoms with van der Waals surface area (Å²) in [6.07, 6.45) is 3.69. The highest BCUT2D eigenvalue weighted by Gasteiger charge is 2.36. The molecule has 0 radical (unpaired) electrons. The normalized spacial score (nSPS) is 18.8. The largest absolute Gasteiger partial charge is 0.366 e. The third kappa shape index (κ3) is 4.03. The summed E-state index contributed by atoms with van der Waals surface area (Å²) in [6.45, 7) is 11.8. The molecular weight excluding hydrogens is 359 g/mol. The van der Waals surface area contributed by atoms with E-state index in [2.05, 4.69) is 37.6 Å². The Morgan fingerprint density at radius 1 is 1.30 bits per heavy atom. The van der Waals surface area contributed by atoms with Gasteiger partial charge in [0.05, 0.1) is 5.69 Å². The molecule has 0 bridgehead atoms. The fourth-order valence-electron chi connectivity index (χ4n) is 4.07. The third-order valence-corrected chi connectivity index (χ3v) is 5.87. The first-order chi connectivity index (χ1) is 12.7. The molecule has 0 saturated carbocycles. The summed E-state index contributed by atoms with van der Waals surface area (Å²) in [5, 5.41) is 0.668. The van der Waals surface area contributed by atoms with Gasteiger partial charge in [-0.2, -0.15) is 0 Å². The average Bonchev–Trinajstić information content (AvgIpc) is 2.59. The predicted molar refractivity (Wildman–Crippen MR) is 115 cm³/mol. The van der Waals surface area contributed by atoms with Crippen LogP contribution in [0.5, 0.6) is 0 Å². The number of anilines is 1. The van der Waals surface area contributed by atoms with E-state index < -0.39 is 0 Å². The van der Waals surface area contributed by atoms with Crippen LogP contribution in [0.4, 0.5) is 15.8 Å². The second kappa shape index (κ2) is 7.63. The van der Waals surface area contributed by atoms with Crippen molar-refractivity contribution < 1.29 is 4.39 Å². The van der Waals surface area contributed by atoms with Crippen LogP contribution in [0.15, 0.2) is 35.3 Å². The van der Waals surface area contributed by atoms with Gasteiger partial charge in [0.2, 0.25) is 0 Å². The lowest BCUT2D eigenvalue weighted by Crippen LogP contribution is -2.48. The van der Waals surface area contributed by atoms with Crippen LogP contribution in [0.3, 0.4) is 0 Å². The van der Waals surface area contributed by atoms with Crippen molar-refractivity contribution in [2.45, 2.75) is 58.9 Å². The molecule has 1 heterocycles. The minimum Gasteiger partial charge on any atom is -0.366 e. The van der Waals surface area contributed by atoms with Gasteiger partial charge in [-0.3, -0.25) is 4.99 Å². The molecule has 0 aromatic heterocycles. The van der Waals surface area contributed by atoms with Gasteiger partial charge in [0.1, 0.15) is 5.82 Å². The number of benzene rings is 2. The molecule has 0 fully saturated rings. The molecule has 1 aliphatic rings. The molecule has 0 amide bonds. The summed E-state index contributed by atoms with van der Waals surface area (Å²) in [7, 11) is 0. The van der Waals surface area contributed by atoms with E-state index in [9.17, 15) is 4.39 Å². The summed E-state index contributed by atoms with van der Waals surface area (Å²) >= 11 is 6.16. The van der Waals surface area contributed by atoms with Gasteiger partial charge in [-0.05, 0) is 74.9 Å². The van der Waals surface area contributed by atoms with Crippen molar-refractivity contribution in [2.75, 3.05) is 11.4 Å². The Kier molecular flexibility index (Phi) is 5.62. The van der Waals surface area contributed by atoms with E-state index in [1.54, 1.807) is 18.3 Å². The molecule has 0 saturated heterocycles. The maximum atomic E-state index is 14.9. The SMILES string of the molecule is CCCN1c2cc(F)c(C=Nc3ccc(C)c(Cl)c3)cc2C(C)CC1(C)C. The maximum absolute atomic E-state index is 14.9. The minimum atomic E-state index is -0.235. The average molecular weight is 387 g/mol. The number of aryl methyl sites for hydroxylation is 1. The molecule has 4 heteroatoms. The van der Waals surface area contributed by atoms with Crippen LogP contribution < -0.4 is 4.90 Å². The zero-order valence-electron chi connectivity index (χ0n) is 16.8. The van der Waals surface area contributed by atoms with Crippen LogP contribution in [-0.4, -0.2) is 18.3 Å². The molecule has 2 aromatic carbocycles. The van der Waals surface area contributed by atoms with Gasteiger partial charge in [0.25, 0.3) is 0 Å². The summed E-state index contributed by atoms with van der Waals surface area (Å²) in [4.78, 5) is 6.79. The molecule has 144 valence electrons. The van der Waals surface area contributed by atoms with Crippen LogP contribution in [0.25, 0.3) is 0 Å². The molecule has 1 aliphatic heterocycles. The highest BCUT2D eigenvalue weighted by atomic mass is 35.5. The first kappa shape index (κ1) is 19.9. The molecule has 2 aromatic rings. The second-order valence-electron chi connectivity index (χ2n) is 8.19. The standard InChI is InChI=1S/C23H28ClFN2/c1-6-9-27-22-12-21(25)17(10-19(22)16(3)13-23(27,4)5)14-26-18-8-7-15(2)20(24)11-18/h7-8,10-12,14,16H,6,9,13H2,1-5H3. The fourth-order valence-corrected chi connectivity index (χ4v) is 4.25. The van der Waals surface area contributed by atoms with Gasteiger partial charge in [0, 0.05) is 34.6 Å². The van der Waals surface area contributed by atoms with E-state index in [1.165, 1.54) is 5.56 Å². The van der Waals surface area contributed by atoms with Crippen molar-refractivity contribution in [3.63, 3.8) is 0 Å². The second-order valence-corrected chi connectivity index (χ2v) is 8.60. The van der Waals surface area contributed by atoms with Gasteiger partial charge in [-0.1, -0.05) is 31.5 Å². The van der Waals surface area contributed by atoms with Crippen molar-refractivity contribution in [1.82, 2.24) is 0 Å². The number of halogens is 2. The van der Waals surface area contributed by atoms with Gasteiger partial charge in [0.15, 0.2) is 0 Å². The fraction of sp³-hybridized carbons (Fsp3) is 0.435. The lowest BCUT2D eigenvalue weighted by atomic mass is 9.79. The molecule has 1 atom stereocenters. The Balaban J connectivity index is 1.99. The highest BCUT2D eigenvalue weighted by Crippen LogP contribution is 2.44. The van der Waals surface area contributed by atoms with E-state index in [0.29, 0.717) is 16.5 Å². The molecule has 27 heavy (non-hydrogen) atoms. The zero-order chi connectivity index (χ0) is 19.8. The number of fused-ring (bicyclic) bond motifs is 1. The van der Waals surface area contributed by atoms with E-state index >= 15 is 0 Å². The maximum Gasteiger partial charge on any atom is 0.134 e. The van der Waals surface area contributed by atoms with Gasteiger partial charge in [-0.15, -0.1) is 0 Å². The molecule has 1 unspecified atom stereocenters. The van der Waals surface area contributed by atoms with Crippen LogP contribution in [-0.2, 0) is 0 Å². The first-order valence-electron chi connectivity index (χ1n) is 9.64. The Morgan fingerprint density at radius 2 is 2.04 bits per heavy atom. The van der Waals surface area contributed by atoms with Gasteiger partial charge < -0.3 is 4.90 Å². The Labute approximate surface area is 167 Å². The molecular formula is C23H28ClFN2. The van der Waals surface area contributed by atoms with Crippen molar-refractivity contribution >= 4 is 29.2 Å². The third-order valence-electron chi connectivity index (χ3n) is 5.46. The van der Waals surface area contributed by atoms with Gasteiger partial charge in [-0.25, -0.2) is 4.39 Å². The van der Waals surface area contributed by atoms with E-state index in [1.807, 2.05) is 25.1 Å². The molecule has 0 N–H and O–H groups in total. The lowest BCUT2D eigenvalue weighted by molar-refractivity contribution is 0.375. The predicted octanol–water partition coefficient (Wildman–Crippen LogP) is 7.04. The van der Waals surface area contributed by atoms with E-state index in [0.717, 1.165) is 36.3 Å². The Hall–Kier alpha value is -1.87. The lowest BCUT2D eigenvalue weighted by Gasteiger charge is -2.47. The van der Waals surface area contributed by atoms with Crippen LogP contribution >= 0.6 is 11.6 Å². The topological polar surface area (TPSA) is 15.6 Å². The van der Waals surface area contributed by atoms with Gasteiger partial charge >= 0.3 is 0 Å². The first-order valence-corrected chi connectivity index (χ1v) is 10.0. The van der Waals surface area contributed by atoms with E-state index in [4.69, 9.17) is 11.6 Å². The molecule has 0 spiro atoms. The molecule has 2 nitrogen and oxygen atoms in total. The van der Waals surface area contributed by atoms with Crippen molar-refractivity contribution in [3.8, 4) is 0 Å². The summed E-state index contributed by atoms with van der Waals surface area (Å²) in [5.74, 6) is 0.145. The zero-order valence-corrected chi connectivity index (χ0v) is 17.6. The van der Waals surface area contributed by atoms with Crippen molar-refractivity contribution in [1.29, 1.82) is 0 Å². The summed E-state index contributed by atoms with van der Waals surface area (Å²) < 4.78 is 14.9. The quantitative estimate of drug-likeness (QED) is 0.514. The number of aliphatic imine (C=N–C) groups is 1. The number of rotatable bonds is 4. The van der Waals surface area contributed by atoms with Crippen LogP contribution in [0.2, 0.25) is 5.02 Å². The smallest absolute Gasteiger partial charge is 0.134 e. The number of hydrogen-bond acceptors (Lipinski definition) is 2. The summed E-state index contributed by atoms with van der Waals surface area (Å²) in [6, 6.07) is 9.27. The van der Waals surface area contributed by atoms with E-state index in [-0.39, 0.29) is 11.4 Å².